The van der Waals surface area contributed by atoms with Crippen LogP contribution in [0.15, 0.2) is 104 Å². The quantitative estimate of drug-likeness (QED) is 0.0555. The van der Waals surface area contributed by atoms with Crippen molar-refractivity contribution in [3.8, 4) is 0 Å². The summed E-state index contributed by atoms with van der Waals surface area (Å²) < 4.78 is 0.784. The van der Waals surface area contributed by atoms with E-state index in [1.165, 1.54) is 12.4 Å². The molecular formula is C42H38N10O8S4. The molecule has 2 fully saturated rings. The van der Waals surface area contributed by atoms with Gasteiger partial charge < -0.3 is 15.5 Å². The fraction of sp³-hybridized carbons (Fsp3) is 0.238. The van der Waals surface area contributed by atoms with Crippen molar-refractivity contribution in [2.75, 3.05) is 21.3 Å². The summed E-state index contributed by atoms with van der Waals surface area (Å²) in [7, 11) is 0. The van der Waals surface area contributed by atoms with Crippen molar-refractivity contribution in [1.82, 2.24) is 29.9 Å². The lowest BCUT2D eigenvalue weighted by Crippen LogP contribution is -2.23. The number of carbonyl (C=O) groups excluding carboxylic acids is 4. The number of hydrogen-bond donors (Lipinski definition) is 6. The Kier molecular flexibility index (Phi) is 15.4. The van der Waals surface area contributed by atoms with Gasteiger partial charge in [-0.25, -0.2) is 44.1 Å². The normalized spacial score (nSPS) is 13.6. The number of nitrogens with one attached hydrogen (secondary N) is 4. The summed E-state index contributed by atoms with van der Waals surface area (Å²) in [5.74, 6) is -2.47. The Balaban J connectivity index is 0.000000191. The summed E-state index contributed by atoms with van der Waals surface area (Å²) in [4.78, 5) is 98.6. The molecule has 6 heterocycles. The second kappa shape index (κ2) is 21.6. The minimum atomic E-state index is -1.21. The SMILES string of the molecule is O=C(Nc1nc(C(=O)O)c(Sc2ccccn2)s1)Nc1cccnc1C(=O)C1CCCC1.O=C(Nc1nc(C(=O)O)c(Sc2ccccn2)s1)Nc1ncccc1C(=O)C1CCCC1. The monoisotopic (exact) mass is 938 g/mol. The van der Waals surface area contributed by atoms with Gasteiger partial charge in [0.05, 0.1) is 11.3 Å². The van der Waals surface area contributed by atoms with Gasteiger partial charge in [-0.1, -0.05) is 84.0 Å². The molecule has 4 amide bonds. The first kappa shape index (κ1) is 45.4. The van der Waals surface area contributed by atoms with Crippen molar-refractivity contribution < 1.29 is 39.0 Å². The van der Waals surface area contributed by atoms with E-state index >= 15 is 0 Å². The number of ketones is 2. The molecule has 6 N–H and O–H groups in total. The largest absolute Gasteiger partial charge is 0.476 e. The molecule has 0 aliphatic heterocycles. The molecule has 8 rings (SSSR count). The molecule has 0 bridgehead atoms. The highest BCUT2D eigenvalue weighted by Crippen LogP contribution is 2.38. The fourth-order valence-corrected chi connectivity index (χ4v) is 10.9. The van der Waals surface area contributed by atoms with Gasteiger partial charge in [0.15, 0.2) is 33.2 Å². The topological polar surface area (TPSA) is 268 Å². The van der Waals surface area contributed by atoms with Crippen molar-refractivity contribution >= 4 is 104 Å². The molecular weight excluding hydrogens is 901 g/mol. The molecule has 0 radical (unpaired) electrons. The van der Waals surface area contributed by atoms with Gasteiger partial charge in [0.25, 0.3) is 0 Å². The van der Waals surface area contributed by atoms with Crippen LogP contribution >= 0.6 is 46.2 Å². The zero-order chi connectivity index (χ0) is 45.0. The molecule has 0 unspecified atom stereocenters. The number of hydrogen-bond acceptors (Lipinski definition) is 16. The van der Waals surface area contributed by atoms with Crippen molar-refractivity contribution in [1.29, 1.82) is 0 Å². The Morgan fingerprint density at radius 3 is 1.53 bits per heavy atom. The molecule has 2 aliphatic rings. The maximum atomic E-state index is 12.8. The lowest BCUT2D eigenvalue weighted by Gasteiger charge is -2.12. The predicted octanol–water partition coefficient (Wildman–Crippen LogP) is 9.60. The smallest absolute Gasteiger partial charge is 0.356 e. The van der Waals surface area contributed by atoms with Gasteiger partial charge in [0, 0.05) is 36.6 Å². The molecule has 328 valence electrons. The van der Waals surface area contributed by atoms with Crippen LogP contribution in [0.2, 0.25) is 0 Å². The number of amides is 4. The standard InChI is InChI=1S/2C21H19N5O4S2/c27-16(12-6-1-2-7-12)13-8-5-11-23-17(13)25-20(30)26-21-24-15(18(28)29)19(32-21)31-14-9-3-4-10-22-14;27-17(12-6-1-2-7-12)15-13(8-5-11-23-15)24-20(30)26-21-25-16(18(28)29)19(32-21)31-14-9-3-4-10-22-14/h3-5,8-12H,1-2,6-7H2,(H,28,29)(H2,23,24,25,26,30);3-5,8-12H,1-2,6-7H2,(H,28,29)(H2,24,25,26,30). The minimum Gasteiger partial charge on any atom is -0.476 e. The Labute approximate surface area is 381 Å². The molecule has 0 spiro atoms. The summed E-state index contributed by atoms with van der Waals surface area (Å²) in [5.41, 5.74) is 0.563. The molecule has 64 heavy (non-hydrogen) atoms. The van der Waals surface area contributed by atoms with Crippen molar-refractivity contribution in [3.63, 3.8) is 0 Å². The van der Waals surface area contributed by atoms with Crippen LogP contribution in [0.5, 0.6) is 0 Å². The fourth-order valence-electron chi connectivity index (χ4n) is 6.81. The van der Waals surface area contributed by atoms with E-state index in [4.69, 9.17) is 0 Å². The van der Waals surface area contributed by atoms with Crippen LogP contribution in [0, 0.1) is 11.8 Å². The van der Waals surface area contributed by atoms with E-state index < -0.39 is 24.0 Å². The van der Waals surface area contributed by atoms with Crippen LogP contribution in [0.3, 0.4) is 0 Å². The first-order valence-corrected chi connectivity index (χ1v) is 23.1. The highest BCUT2D eigenvalue weighted by atomic mass is 32.2. The summed E-state index contributed by atoms with van der Waals surface area (Å²) in [6.45, 7) is 0. The van der Waals surface area contributed by atoms with E-state index in [1.54, 1.807) is 73.1 Å². The average Bonchev–Trinajstić information content (AvgIpc) is 4.14. The Hall–Kier alpha value is -6.62. The third-order valence-corrected chi connectivity index (χ3v) is 13.9. The number of carbonyl (C=O) groups is 6. The van der Waals surface area contributed by atoms with Crippen molar-refractivity contribution in [2.24, 2.45) is 11.8 Å². The maximum absolute atomic E-state index is 12.8. The van der Waals surface area contributed by atoms with Gasteiger partial charge >= 0.3 is 24.0 Å². The van der Waals surface area contributed by atoms with Crippen LogP contribution in [0.4, 0.5) is 31.4 Å². The molecule has 6 aromatic rings. The molecule has 0 saturated heterocycles. The number of anilines is 4. The number of carboxylic acid groups (broad SMARTS) is 2. The third-order valence-electron chi connectivity index (χ3n) is 9.75. The number of pyridine rings is 4. The van der Waals surface area contributed by atoms with Crippen LogP contribution in [0.1, 0.15) is 93.2 Å². The van der Waals surface area contributed by atoms with Crippen molar-refractivity contribution in [3.05, 3.63) is 108 Å². The molecule has 2 aliphatic carbocycles. The predicted molar refractivity (Wildman–Crippen MR) is 241 cm³/mol. The molecule has 6 aromatic heterocycles. The number of aromatic carboxylic acids is 2. The Morgan fingerprint density at radius 1 is 0.531 bits per heavy atom. The highest BCUT2D eigenvalue weighted by Gasteiger charge is 2.29. The van der Waals surface area contributed by atoms with E-state index in [1.807, 2.05) is 0 Å². The maximum Gasteiger partial charge on any atom is 0.356 e. The van der Waals surface area contributed by atoms with E-state index in [0.29, 0.717) is 29.7 Å². The van der Waals surface area contributed by atoms with Crippen LogP contribution < -0.4 is 21.3 Å². The number of Topliss-reactive ketones (excluding diaryl/α,β-unsaturated/α-hetero) is 2. The third kappa shape index (κ3) is 11.9. The molecule has 18 nitrogen and oxygen atoms in total. The molecule has 0 atom stereocenters. The zero-order valence-corrected chi connectivity index (χ0v) is 36.8. The van der Waals surface area contributed by atoms with Crippen LogP contribution in [-0.2, 0) is 0 Å². The number of nitrogens with zero attached hydrogens (tertiary/aromatic N) is 6. The second-order valence-corrected chi connectivity index (χ2v) is 18.7. The summed E-state index contributed by atoms with van der Waals surface area (Å²) in [6.07, 6.45) is 13.6. The number of rotatable bonds is 14. The molecule has 2 saturated carbocycles. The van der Waals surface area contributed by atoms with Crippen LogP contribution in [-0.4, -0.2) is 75.7 Å². The van der Waals surface area contributed by atoms with Crippen molar-refractivity contribution in [2.45, 2.75) is 69.8 Å². The lowest BCUT2D eigenvalue weighted by molar-refractivity contribution is 0.0677. The summed E-state index contributed by atoms with van der Waals surface area (Å²) in [5, 5.41) is 30.7. The average molecular weight is 939 g/mol. The van der Waals surface area contributed by atoms with Gasteiger partial charge in [-0.05, 0) is 74.2 Å². The van der Waals surface area contributed by atoms with Gasteiger partial charge in [-0.3, -0.25) is 30.5 Å². The van der Waals surface area contributed by atoms with E-state index in [-0.39, 0.29) is 56.6 Å². The highest BCUT2D eigenvalue weighted by molar-refractivity contribution is 8.01. The number of aromatic nitrogens is 6. The first-order chi connectivity index (χ1) is 31.0. The molecule has 22 heteroatoms. The Bertz CT molecular complexity index is 2470. The first-order valence-electron chi connectivity index (χ1n) is 19.8. The van der Waals surface area contributed by atoms with Gasteiger partial charge in [-0.15, -0.1) is 0 Å². The zero-order valence-electron chi connectivity index (χ0n) is 33.6. The lowest BCUT2D eigenvalue weighted by atomic mass is 9.97. The van der Waals surface area contributed by atoms with Gasteiger partial charge in [0.2, 0.25) is 0 Å². The second-order valence-electron chi connectivity index (χ2n) is 14.1. The number of thiazole rings is 2. The van der Waals surface area contributed by atoms with Crippen LogP contribution in [0.25, 0.3) is 0 Å². The number of urea groups is 2. The summed E-state index contributed by atoms with van der Waals surface area (Å²) >= 11 is 4.36. The Morgan fingerprint density at radius 2 is 1.02 bits per heavy atom. The van der Waals surface area contributed by atoms with Gasteiger partial charge in [-0.2, -0.15) is 0 Å². The van der Waals surface area contributed by atoms with E-state index in [0.717, 1.165) is 97.6 Å². The minimum absolute atomic E-state index is 0.0256. The summed E-state index contributed by atoms with van der Waals surface area (Å²) in [6, 6.07) is 15.9. The van der Waals surface area contributed by atoms with E-state index in [2.05, 4.69) is 51.2 Å². The molecule has 0 aromatic carbocycles. The van der Waals surface area contributed by atoms with E-state index in [9.17, 15) is 39.0 Å². The van der Waals surface area contributed by atoms with Gasteiger partial charge in [0.1, 0.15) is 30.0 Å². The number of carboxylic acids is 2.